The summed E-state index contributed by atoms with van der Waals surface area (Å²) in [6.07, 6.45) is 11.7. The van der Waals surface area contributed by atoms with E-state index in [-0.39, 0.29) is 0 Å². The third-order valence-corrected chi connectivity index (χ3v) is 13.3. The highest BCUT2D eigenvalue weighted by atomic mass is 14.3. The Balaban J connectivity index is 0.920. The topological polar surface area (TPSA) is 0 Å². The third kappa shape index (κ3) is 5.40. The molecule has 10 rings (SSSR count). The second kappa shape index (κ2) is 13.9. The Morgan fingerprint density at radius 1 is 0.352 bits per heavy atom. The summed E-state index contributed by atoms with van der Waals surface area (Å²) < 4.78 is 0. The zero-order valence-electron chi connectivity index (χ0n) is 31.9. The van der Waals surface area contributed by atoms with Crippen LogP contribution in [0.3, 0.4) is 0 Å². The predicted molar refractivity (Wildman–Crippen MR) is 231 cm³/mol. The van der Waals surface area contributed by atoms with Crippen LogP contribution in [0.15, 0.2) is 133 Å². The number of hydrogen-bond donors (Lipinski definition) is 0. The zero-order valence-corrected chi connectivity index (χ0v) is 31.9. The summed E-state index contributed by atoms with van der Waals surface area (Å²) in [6, 6.07) is 51.4. The fourth-order valence-electron chi connectivity index (χ4n) is 10.8. The quantitative estimate of drug-likeness (QED) is 0.0880. The van der Waals surface area contributed by atoms with Gasteiger partial charge >= 0.3 is 0 Å². The van der Waals surface area contributed by atoms with Gasteiger partial charge in [0, 0.05) is 11.8 Å². The van der Waals surface area contributed by atoms with E-state index >= 15 is 0 Å². The van der Waals surface area contributed by atoms with Crippen molar-refractivity contribution in [3.8, 4) is 22.3 Å². The normalized spacial score (nSPS) is 13.6. The summed E-state index contributed by atoms with van der Waals surface area (Å²) in [5.41, 5.74) is 17.9. The lowest BCUT2D eigenvalue weighted by Gasteiger charge is -2.21. The predicted octanol–water partition coefficient (Wildman–Crippen LogP) is 14.8. The molecular formula is C54H50. The summed E-state index contributed by atoms with van der Waals surface area (Å²) in [5.74, 6) is 1.03. The number of benzene rings is 8. The SMILES string of the molecule is CCc1cc(CCCCC2c3ccccc3-c3ccccc32)c2ccc3c(CC)cc(CCCCC4c5ccccc5-c5ccccc54)c4ccc1c2c34. The van der Waals surface area contributed by atoms with Crippen LogP contribution in [0, 0.1) is 0 Å². The molecule has 0 saturated heterocycles. The van der Waals surface area contributed by atoms with Gasteiger partial charge in [0.1, 0.15) is 0 Å². The molecular weight excluding hydrogens is 649 g/mol. The molecule has 0 amide bonds. The molecule has 0 fully saturated rings. The Labute approximate surface area is 321 Å². The molecule has 0 aromatic heterocycles. The molecule has 0 bridgehead atoms. The Morgan fingerprint density at radius 3 is 1.00 bits per heavy atom. The Kier molecular flexibility index (Phi) is 8.59. The maximum Gasteiger partial charge on any atom is 0.0102 e. The fourth-order valence-corrected chi connectivity index (χ4v) is 10.8. The molecule has 0 heteroatoms. The van der Waals surface area contributed by atoms with Gasteiger partial charge in [-0.25, -0.2) is 0 Å². The van der Waals surface area contributed by atoms with Gasteiger partial charge in [0.05, 0.1) is 0 Å². The standard InChI is InChI=1S/C54H50/c1-3-35-33-37(17-5-7-19-43-45-21-9-13-25-49(45)50-26-14-10-22-46(43)50)41-32-30-40-36(4-2)34-38(42-31-29-39(35)53(41)54(40)42)18-6-8-20-44-47-23-11-15-27-51(47)52-28-16-12-24-48(44)52/h9-16,21-34,43-44H,3-8,17-20H2,1-2H3. The minimum atomic E-state index is 0.514. The molecule has 0 nitrogen and oxygen atoms in total. The second-order valence-electron chi connectivity index (χ2n) is 16.1. The van der Waals surface area contributed by atoms with Crippen LogP contribution in [-0.4, -0.2) is 0 Å². The highest BCUT2D eigenvalue weighted by molar-refractivity contribution is 6.25. The van der Waals surface area contributed by atoms with Gasteiger partial charge in [-0.3, -0.25) is 0 Å². The molecule has 266 valence electrons. The molecule has 2 aliphatic carbocycles. The molecule has 0 radical (unpaired) electrons. The molecule has 8 aromatic carbocycles. The lowest BCUT2D eigenvalue weighted by Crippen LogP contribution is -2.00. The first-order chi connectivity index (χ1) is 26.7. The van der Waals surface area contributed by atoms with Crippen molar-refractivity contribution in [2.24, 2.45) is 0 Å². The summed E-state index contributed by atoms with van der Waals surface area (Å²) >= 11 is 0. The number of hydrogen-bond acceptors (Lipinski definition) is 0. The van der Waals surface area contributed by atoms with Crippen molar-refractivity contribution in [2.75, 3.05) is 0 Å². The van der Waals surface area contributed by atoms with Crippen molar-refractivity contribution in [3.05, 3.63) is 178 Å². The van der Waals surface area contributed by atoms with Crippen LogP contribution in [0.4, 0.5) is 0 Å². The van der Waals surface area contributed by atoms with Crippen LogP contribution >= 0.6 is 0 Å². The van der Waals surface area contributed by atoms with Gasteiger partial charge in [-0.2, -0.15) is 0 Å². The van der Waals surface area contributed by atoms with Crippen molar-refractivity contribution >= 4 is 32.3 Å². The summed E-state index contributed by atoms with van der Waals surface area (Å²) in [6.45, 7) is 4.68. The van der Waals surface area contributed by atoms with Crippen molar-refractivity contribution < 1.29 is 0 Å². The summed E-state index contributed by atoms with van der Waals surface area (Å²) in [5, 5.41) is 8.93. The van der Waals surface area contributed by atoms with Gasteiger partial charge in [-0.1, -0.05) is 160 Å². The number of fused-ring (bicyclic) bond motifs is 6. The highest BCUT2D eigenvalue weighted by Gasteiger charge is 2.29. The van der Waals surface area contributed by atoms with E-state index in [0.717, 1.165) is 25.7 Å². The van der Waals surface area contributed by atoms with E-state index in [1.807, 2.05) is 0 Å². The van der Waals surface area contributed by atoms with E-state index in [4.69, 9.17) is 0 Å². The van der Waals surface area contributed by atoms with Crippen molar-refractivity contribution in [2.45, 2.75) is 89.9 Å². The van der Waals surface area contributed by atoms with Crippen molar-refractivity contribution in [1.29, 1.82) is 0 Å². The van der Waals surface area contributed by atoms with E-state index < -0.39 is 0 Å². The van der Waals surface area contributed by atoms with Crippen molar-refractivity contribution in [3.63, 3.8) is 0 Å². The van der Waals surface area contributed by atoms with Crippen LogP contribution in [0.2, 0.25) is 0 Å². The maximum atomic E-state index is 2.56. The first-order valence-corrected chi connectivity index (χ1v) is 20.8. The smallest absolute Gasteiger partial charge is 0.0102 e. The summed E-state index contributed by atoms with van der Waals surface area (Å²) in [7, 11) is 0. The first kappa shape index (κ1) is 33.4. The molecule has 2 aliphatic rings. The monoisotopic (exact) mass is 698 g/mol. The minimum absolute atomic E-state index is 0.514. The van der Waals surface area contributed by atoms with E-state index in [0.29, 0.717) is 11.8 Å². The molecule has 0 saturated carbocycles. The van der Waals surface area contributed by atoms with Gasteiger partial charge in [0.2, 0.25) is 0 Å². The van der Waals surface area contributed by atoms with E-state index in [2.05, 4.69) is 147 Å². The minimum Gasteiger partial charge on any atom is -0.0619 e. The average molecular weight is 699 g/mol. The van der Waals surface area contributed by atoms with Gasteiger partial charge in [-0.05, 0) is 150 Å². The number of unbranched alkanes of at least 4 members (excludes halogenated alkanes) is 2. The lowest BCUT2D eigenvalue weighted by molar-refractivity contribution is 0.634. The van der Waals surface area contributed by atoms with Crippen molar-refractivity contribution in [1.82, 2.24) is 0 Å². The molecule has 0 spiro atoms. The lowest BCUT2D eigenvalue weighted by atomic mass is 9.83. The number of rotatable bonds is 12. The van der Waals surface area contributed by atoms with Gasteiger partial charge in [0.15, 0.2) is 0 Å². The van der Waals surface area contributed by atoms with Gasteiger partial charge in [0.25, 0.3) is 0 Å². The van der Waals surface area contributed by atoms with Gasteiger partial charge in [-0.15, -0.1) is 0 Å². The molecule has 0 unspecified atom stereocenters. The number of aryl methyl sites for hydroxylation is 4. The Hall–Kier alpha value is -5.20. The molecule has 0 heterocycles. The van der Waals surface area contributed by atoms with Gasteiger partial charge < -0.3 is 0 Å². The Morgan fingerprint density at radius 2 is 0.667 bits per heavy atom. The summed E-state index contributed by atoms with van der Waals surface area (Å²) in [4.78, 5) is 0. The van der Waals surface area contributed by atoms with Crippen LogP contribution in [-0.2, 0) is 25.7 Å². The average Bonchev–Trinajstić information content (AvgIpc) is 3.72. The zero-order chi connectivity index (χ0) is 36.2. The fraction of sp³-hybridized carbons (Fsp3) is 0.259. The molecule has 0 aliphatic heterocycles. The molecule has 0 N–H and O–H groups in total. The highest BCUT2D eigenvalue weighted by Crippen LogP contribution is 2.48. The van der Waals surface area contributed by atoms with Crippen LogP contribution in [0.25, 0.3) is 54.6 Å². The van der Waals surface area contributed by atoms with E-state index in [1.165, 1.54) is 126 Å². The molecule has 8 aromatic rings. The van der Waals surface area contributed by atoms with E-state index in [9.17, 15) is 0 Å². The van der Waals surface area contributed by atoms with Crippen LogP contribution in [0.1, 0.15) is 109 Å². The van der Waals surface area contributed by atoms with E-state index in [1.54, 1.807) is 11.1 Å². The van der Waals surface area contributed by atoms with Crippen LogP contribution in [0.5, 0.6) is 0 Å². The Bertz CT molecular complexity index is 2380. The molecule has 54 heavy (non-hydrogen) atoms. The maximum absolute atomic E-state index is 2.56. The third-order valence-electron chi connectivity index (χ3n) is 13.3. The largest absolute Gasteiger partial charge is 0.0619 e. The van der Waals surface area contributed by atoms with Crippen LogP contribution < -0.4 is 0 Å². The molecule has 0 atom stereocenters. The second-order valence-corrected chi connectivity index (χ2v) is 16.1. The first-order valence-electron chi connectivity index (χ1n) is 20.8.